The van der Waals surface area contributed by atoms with Gasteiger partial charge >= 0.3 is 0 Å². The number of pyridine rings is 1. The Morgan fingerprint density at radius 3 is 2.83 bits per heavy atom. The van der Waals surface area contributed by atoms with Gasteiger partial charge in [-0.1, -0.05) is 23.4 Å². The van der Waals surface area contributed by atoms with Gasteiger partial charge in [-0.05, 0) is 30.7 Å². The molecule has 24 heavy (non-hydrogen) atoms. The summed E-state index contributed by atoms with van der Waals surface area (Å²) in [5.41, 5.74) is 0.626. The summed E-state index contributed by atoms with van der Waals surface area (Å²) >= 11 is 0. The molecular formula is C17H14N4O3. The number of ether oxygens (including phenoxy) is 1. The fourth-order valence-corrected chi connectivity index (χ4v) is 2.53. The van der Waals surface area contributed by atoms with Gasteiger partial charge in [0, 0.05) is 12.6 Å². The lowest BCUT2D eigenvalue weighted by atomic mass is 10.2. The second kappa shape index (κ2) is 6.11. The molecule has 1 saturated heterocycles. The summed E-state index contributed by atoms with van der Waals surface area (Å²) in [6, 6.07) is 12.7. The van der Waals surface area contributed by atoms with Gasteiger partial charge in [0.25, 0.3) is 0 Å². The third-order valence-electron chi connectivity index (χ3n) is 3.70. The van der Waals surface area contributed by atoms with Crippen molar-refractivity contribution in [3.63, 3.8) is 0 Å². The number of carbonyl (C=O) groups excluding carboxylic acids is 1. The normalized spacial score (nSPS) is 16.8. The number of rotatable bonds is 4. The number of amides is 1. The number of benzene rings is 1. The van der Waals surface area contributed by atoms with Crippen LogP contribution in [0.25, 0.3) is 11.4 Å². The first-order valence-electron chi connectivity index (χ1n) is 7.61. The van der Waals surface area contributed by atoms with Crippen LogP contribution in [0, 0.1) is 0 Å². The van der Waals surface area contributed by atoms with E-state index in [1.54, 1.807) is 12.3 Å². The molecule has 0 saturated carbocycles. The summed E-state index contributed by atoms with van der Waals surface area (Å²) < 4.78 is 11.1. The molecule has 3 aromatic rings. The minimum Gasteiger partial charge on any atom is -0.438 e. The van der Waals surface area contributed by atoms with Crippen molar-refractivity contribution in [2.45, 2.75) is 18.9 Å². The van der Waals surface area contributed by atoms with Crippen LogP contribution in [0.1, 0.15) is 24.8 Å². The van der Waals surface area contributed by atoms with Crippen LogP contribution in [0.3, 0.4) is 0 Å². The van der Waals surface area contributed by atoms with Gasteiger partial charge in [0.2, 0.25) is 23.5 Å². The lowest BCUT2D eigenvalue weighted by Gasteiger charge is -2.07. The van der Waals surface area contributed by atoms with Gasteiger partial charge in [-0.25, -0.2) is 4.98 Å². The summed E-state index contributed by atoms with van der Waals surface area (Å²) in [6.45, 7) is 0. The number of nitrogens with zero attached hydrogens (tertiary/aromatic N) is 3. The van der Waals surface area contributed by atoms with E-state index in [-0.39, 0.29) is 11.9 Å². The van der Waals surface area contributed by atoms with E-state index in [2.05, 4.69) is 20.4 Å². The third-order valence-corrected chi connectivity index (χ3v) is 3.70. The van der Waals surface area contributed by atoms with Gasteiger partial charge in [0.15, 0.2) is 0 Å². The average Bonchev–Trinajstić information content (AvgIpc) is 3.25. The Labute approximate surface area is 137 Å². The second-order valence-electron chi connectivity index (χ2n) is 5.39. The Morgan fingerprint density at radius 1 is 1.17 bits per heavy atom. The summed E-state index contributed by atoms with van der Waals surface area (Å²) in [4.78, 5) is 20.0. The van der Waals surface area contributed by atoms with Crippen molar-refractivity contribution < 1.29 is 14.1 Å². The van der Waals surface area contributed by atoms with Crippen molar-refractivity contribution >= 4 is 5.91 Å². The summed E-state index contributed by atoms with van der Waals surface area (Å²) in [5, 5.41) is 6.81. The Kier molecular flexibility index (Phi) is 3.66. The van der Waals surface area contributed by atoms with Gasteiger partial charge in [0.05, 0.1) is 5.56 Å². The Morgan fingerprint density at radius 2 is 2.04 bits per heavy atom. The summed E-state index contributed by atoms with van der Waals surface area (Å²) in [6.07, 6.45) is 2.76. The largest absolute Gasteiger partial charge is 0.438 e. The molecule has 1 aromatic carbocycles. The molecule has 7 heteroatoms. The molecule has 7 nitrogen and oxygen atoms in total. The fourth-order valence-electron chi connectivity index (χ4n) is 2.53. The number of carbonyl (C=O) groups is 1. The van der Waals surface area contributed by atoms with Crippen molar-refractivity contribution in [2.75, 3.05) is 0 Å². The monoisotopic (exact) mass is 322 g/mol. The molecule has 1 atom stereocenters. The summed E-state index contributed by atoms with van der Waals surface area (Å²) in [7, 11) is 0. The van der Waals surface area contributed by atoms with Crippen molar-refractivity contribution in [3.8, 4) is 23.0 Å². The first-order chi connectivity index (χ1) is 11.8. The predicted octanol–water partition coefficient (Wildman–Crippen LogP) is 2.88. The van der Waals surface area contributed by atoms with Crippen molar-refractivity contribution in [3.05, 3.63) is 54.6 Å². The molecule has 1 aliphatic heterocycles. The summed E-state index contributed by atoms with van der Waals surface area (Å²) in [5.74, 6) is 1.83. The van der Waals surface area contributed by atoms with Crippen LogP contribution in [0.4, 0.5) is 0 Å². The Bertz CT molecular complexity index is 863. The highest BCUT2D eigenvalue weighted by Crippen LogP contribution is 2.31. The maximum absolute atomic E-state index is 11.3. The minimum atomic E-state index is -0.228. The standard InChI is InChI=1S/C17H14N4O3/c22-14-9-8-13(19-14)17-20-15(21-24-17)12-7-4-10-18-16(12)23-11-5-2-1-3-6-11/h1-7,10,13H,8-9H2,(H,19,22). The van der Waals surface area contributed by atoms with Crippen LogP contribution in [-0.2, 0) is 4.79 Å². The van der Waals surface area contributed by atoms with Gasteiger partial charge in [-0.15, -0.1) is 0 Å². The minimum absolute atomic E-state index is 0.00534. The Balaban J connectivity index is 1.63. The number of hydrogen-bond acceptors (Lipinski definition) is 6. The zero-order chi connectivity index (χ0) is 16.4. The Hall–Kier alpha value is -3.22. The quantitative estimate of drug-likeness (QED) is 0.794. The second-order valence-corrected chi connectivity index (χ2v) is 5.39. The molecule has 0 aliphatic carbocycles. The van der Waals surface area contributed by atoms with Crippen molar-refractivity contribution in [1.29, 1.82) is 0 Å². The van der Waals surface area contributed by atoms with Crippen molar-refractivity contribution in [2.24, 2.45) is 0 Å². The topological polar surface area (TPSA) is 90.1 Å². The molecule has 0 radical (unpaired) electrons. The first-order valence-corrected chi connectivity index (χ1v) is 7.61. The van der Waals surface area contributed by atoms with Crippen molar-refractivity contribution in [1.82, 2.24) is 20.4 Å². The molecular weight excluding hydrogens is 308 g/mol. The maximum Gasteiger partial charge on any atom is 0.249 e. The van der Waals surface area contributed by atoms with E-state index >= 15 is 0 Å². The van der Waals surface area contributed by atoms with E-state index in [0.29, 0.717) is 41.7 Å². The lowest BCUT2D eigenvalue weighted by Crippen LogP contribution is -2.18. The van der Waals surface area contributed by atoms with Gasteiger partial charge in [0.1, 0.15) is 11.8 Å². The van der Waals surface area contributed by atoms with E-state index in [9.17, 15) is 4.79 Å². The van der Waals surface area contributed by atoms with Crippen LogP contribution >= 0.6 is 0 Å². The molecule has 2 aromatic heterocycles. The zero-order valence-corrected chi connectivity index (χ0v) is 12.7. The third kappa shape index (κ3) is 2.83. The highest BCUT2D eigenvalue weighted by Gasteiger charge is 2.28. The maximum atomic E-state index is 11.3. The zero-order valence-electron chi connectivity index (χ0n) is 12.7. The van der Waals surface area contributed by atoms with E-state index in [4.69, 9.17) is 9.26 Å². The number of para-hydroxylation sites is 1. The average molecular weight is 322 g/mol. The molecule has 1 N–H and O–H groups in total. The molecule has 3 heterocycles. The molecule has 1 aliphatic rings. The molecule has 1 unspecified atom stereocenters. The SMILES string of the molecule is O=C1CCC(c2nc(-c3cccnc3Oc3ccccc3)no2)N1. The predicted molar refractivity (Wildman–Crippen MR) is 84.2 cm³/mol. The van der Waals surface area contributed by atoms with E-state index < -0.39 is 0 Å². The first kappa shape index (κ1) is 14.4. The van der Waals surface area contributed by atoms with Crippen LogP contribution in [0.15, 0.2) is 53.2 Å². The van der Waals surface area contributed by atoms with Gasteiger partial charge in [-0.3, -0.25) is 4.79 Å². The smallest absolute Gasteiger partial charge is 0.249 e. The highest BCUT2D eigenvalue weighted by molar-refractivity contribution is 5.78. The van der Waals surface area contributed by atoms with E-state index in [1.165, 1.54) is 0 Å². The molecule has 1 fully saturated rings. The van der Waals surface area contributed by atoms with Crippen LogP contribution < -0.4 is 10.1 Å². The van der Waals surface area contributed by atoms with Crippen LogP contribution in [0.2, 0.25) is 0 Å². The van der Waals surface area contributed by atoms with E-state index in [0.717, 1.165) is 0 Å². The van der Waals surface area contributed by atoms with Gasteiger partial charge < -0.3 is 14.6 Å². The lowest BCUT2D eigenvalue weighted by molar-refractivity contribution is -0.119. The number of hydrogen-bond donors (Lipinski definition) is 1. The molecule has 1 amide bonds. The molecule has 4 rings (SSSR count). The highest BCUT2D eigenvalue weighted by atomic mass is 16.5. The number of aromatic nitrogens is 3. The molecule has 120 valence electrons. The molecule has 0 bridgehead atoms. The van der Waals surface area contributed by atoms with Crippen LogP contribution in [-0.4, -0.2) is 21.0 Å². The van der Waals surface area contributed by atoms with E-state index in [1.807, 2.05) is 36.4 Å². The van der Waals surface area contributed by atoms with Gasteiger partial charge in [-0.2, -0.15) is 4.98 Å². The molecule has 0 spiro atoms. The number of nitrogens with one attached hydrogen (secondary N) is 1. The van der Waals surface area contributed by atoms with Crippen LogP contribution in [0.5, 0.6) is 11.6 Å². The fraction of sp³-hybridized carbons (Fsp3) is 0.176.